The Morgan fingerprint density at radius 1 is 1.38 bits per heavy atom. The summed E-state index contributed by atoms with van der Waals surface area (Å²) in [6.07, 6.45) is 7.74. The van der Waals surface area contributed by atoms with Gasteiger partial charge in [0.25, 0.3) is 0 Å². The van der Waals surface area contributed by atoms with Crippen LogP contribution in [0.15, 0.2) is 11.6 Å². The molecule has 2 atom stereocenters. The summed E-state index contributed by atoms with van der Waals surface area (Å²) >= 11 is 0. The van der Waals surface area contributed by atoms with Crippen LogP contribution >= 0.6 is 0 Å². The van der Waals surface area contributed by atoms with E-state index in [0.29, 0.717) is 29.6 Å². The van der Waals surface area contributed by atoms with Gasteiger partial charge in [-0.15, -0.1) is 0 Å². The number of allylic oxidation sites excluding steroid dienone is 2. The average molecular weight is 293 g/mol. The Hall–Kier alpha value is -0.790. The Kier molecular flexibility index (Phi) is 6.96. The number of hydrogen-bond donors (Lipinski definition) is 0. The molecule has 21 heavy (non-hydrogen) atoms. The van der Waals surface area contributed by atoms with Crippen LogP contribution in [0.25, 0.3) is 0 Å². The average Bonchev–Trinajstić information content (AvgIpc) is 2.98. The van der Waals surface area contributed by atoms with Gasteiger partial charge in [0, 0.05) is 19.5 Å². The summed E-state index contributed by atoms with van der Waals surface area (Å²) < 4.78 is 0. The lowest BCUT2D eigenvalue weighted by Crippen LogP contribution is -2.36. The van der Waals surface area contributed by atoms with Gasteiger partial charge in [-0.05, 0) is 56.8 Å². The normalized spacial score (nSPS) is 24.0. The first-order valence-electron chi connectivity index (χ1n) is 8.69. The Morgan fingerprint density at radius 2 is 2.05 bits per heavy atom. The zero-order valence-corrected chi connectivity index (χ0v) is 15.0. The third-order valence-electron chi connectivity index (χ3n) is 4.65. The summed E-state index contributed by atoms with van der Waals surface area (Å²) in [5.41, 5.74) is 1.88. The summed E-state index contributed by atoms with van der Waals surface area (Å²) in [5.74, 6) is 1.62. The first-order valence-corrected chi connectivity index (χ1v) is 8.69. The van der Waals surface area contributed by atoms with Crippen LogP contribution in [-0.4, -0.2) is 23.9 Å². The van der Waals surface area contributed by atoms with E-state index in [9.17, 15) is 4.79 Å². The van der Waals surface area contributed by atoms with Crippen molar-refractivity contribution in [1.82, 2.24) is 4.90 Å². The van der Waals surface area contributed by atoms with Gasteiger partial charge in [0.2, 0.25) is 5.91 Å². The van der Waals surface area contributed by atoms with Crippen molar-refractivity contribution in [3.63, 3.8) is 0 Å². The van der Waals surface area contributed by atoms with Gasteiger partial charge >= 0.3 is 0 Å². The van der Waals surface area contributed by atoms with E-state index in [4.69, 9.17) is 0 Å². The van der Waals surface area contributed by atoms with Crippen molar-refractivity contribution in [1.29, 1.82) is 0 Å². The van der Waals surface area contributed by atoms with E-state index < -0.39 is 0 Å². The lowest BCUT2D eigenvalue weighted by Gasteiger charge is -2.26. The van der Waals surface area contributed by atoms with Crippen LogP contribution in [0.1, 0.15) is 73.6 Å². The van der Waals surface area contributed by atoms with Crippen LogP contribution in [-0.2, 0) is 4.79 Å². The maximum Gasteiger partial charge on any atom is 0.222 e. The molecule has 0 N–H and O–H groups in total. The van der Waals surface area contributed by atoms with Gasteiger partial charge in [0.05, 0.1) is 0 Å². The van der Waals surface area contributed by atoms with E-state index in [1.807, 2.05) is 0 Å². The molecule has 0 heterocycles. The predicted molar refractivity (Wildman–Crippen MR) is 91.2 cm³/mol. The highest BCUT2D eigenvalue weighted by molar-refractivity contribution is 5.76. The van der Waals surface area contributed by atoms with Crippen LogP contribution in [0.3, 0.4) is 0 Å². The van der Waals surface area contributed by atoms with Crippen molar-refractivity contribution in [2.45, 2.75) is 73.6 Å². The Morgan fingerprint density at radius 3 is 2.57 bits per heavy atom. The molecule has 1 fully saturated rings. The summed E-state index contributed by atoms with van der Waals surface area (Å²) in [5, 5.41) is 0. The maximum absolute atomic E-state index is 12.3. The molecule has 0 aromatic carbocycles. The molecule has 1 aliphatic carbocycles. The quantitative estimate of drug-likeness (QED) is 0.545. The molecule has 1 aliphatic rings. The number of rotatable bonds is 9. The molecule has 0 saturated heterocycles. The summed E-state index contributed by atoms with van der Waals surface area (Å²) in [4.78, 5) is 14.4. The molecule has 0 aromatic heterocycles. The van der Waals surface area contributed by atoms with E-state index in [1.165, 1.54) is 24.8 Å². The highest BCUT2D eigenvalue weighted by Gasteiger charge is 2.49. The first kappa shape index (κ1) is 18.3. The SMILES string of the molecule is CCCC(=O)N(CC(C)C)CC1CC1(C)CCC=C(C)C. The van der Waals surface area contributed by atoms with Gasteiger partial charge < -0.3 is 4.90 Å². The van der Waals surface area contributed by atoms with Gasteiger partial charge in [0.1, 0.15) is 0 Å². The maximum atomic E-state index is 12.3. The molecule has 0 aromatic rings. The molecule has 0 radical (unpaired) electrons. The topological polar surface area (TPSA) is 20.3 Å². The zero-order valence-electron chi connectivity index (χ0n) is 15.0. The van der Waals surface area contributed by atoms with Crippen LogP contribution in [0.4, 0.5) is 0 Å². The lowest BCUT2D eigenvalue weighted by atomic mass is 9.98. The number of nitrogens with zero attached hydrogens (tertiary/aromatic N) is 1. The first-order chi connectivity index (χ1) is 9.78. The van der Waals surface area contributed by atoms with Crippen LogP contribution in [0, 0.1) is 17.3 Å². The third-order valence-corrected chi connectivity index (χ3v) is 4.65. The zero-order chi connectivity index (χ0) is 16.0. The molecular formula is C19H35NO. The lowest BCUT2D eigenvalue weighted by molar-refractivity contribution is -0.132. The fraction of sp³-hybridized carbons (Fsp3) is 0.842. The number of carbonyl (C=O) groups is 1. The number of hydrogen-bond acceptors (Lipinski definition) is 1. The van der Waals surface area contributed by atoms with Crippen LogP contribution < -0.4 is 0 Å². The monoisotopic (exact) mass is 293 g/mol. The Labute approximate surface area is 132 Å². The van der Waals surface area contributed by atoms with Gasteiger partial charge in [-0.2, -0.15) is 0 Å². The van der Waals surface area contributed by atoms with E-state index in [-0.39, 0.29) is 0 Å². The minimum Gasteiger partial charge on any atom is -0.342 e. The number of carbonyl (C=O) groups excluding carboxylic acids is 1. The predicted octanol–water partition coefficient (Wildman–Crippen LogP) is 5.04. The summed E-state index contributed by atoms with van der Waals surface area (Å²) in [6.45, 7) is 15.1. The summed E-state index contributed by atoms with van der Waals surface area (Å²) in [7, 11) is 0. The summed E-state index contributed by atoms with van der Waals surface area (Å²) in [6, 6.07) is 0. The molecular weight excluding hydrogens is 258 g/mol. The van der Waals surface area contributed by atoms with Crippen LogP contribution in [0.5, 0.6) is 0 Å². The van der Waals surface area contributed by atoms with E-state index in [0.717, 1.165) is 19.5 Å². The molecule has 2 heteroatoms. The molecule has 122 valence electrons. The van der Waals surface area contributed by atoms with Crippen molar-refractivity contribution in [3.05, 3.63) is 11.6 Å². The molecule has 1 amide bonds. The van der Waals surface area contributed by atoms with Gasteiger partial charge in [-0.25, -0.2) is 0 Å². The molecule has 0 bridgehead atoms. The Balaban J connectivity index is 2.49. The second kappa shape index (κ2) is 8.00. The van der Waals surface area contributed by atoms with E-state index in [2.05, 4.69) is 52.5 Å². The van der Waals surface area contributed by atoms with Crippen LogP contribution in [0.2, 0.25) is 0 Å². The van der Waals surface area contributed by atoms with Crippen molar-refractivity contribution >= 4 is 5.91 Å². The molecule has 2 nitrogen and oxygen atoms in total. The van der Waals surface area contributed by atoms with Gasteiger partial charge in [-0.3, -0.25) is 4.79 Å². The fourth-order valence-electron chi connectivity index (χ4n) is 3.14. The van der Waals surface area contributed by atoms with Crippen molar-refractivity contribution in [2.75, 3.05) is 13.1 Å². The van der Waals surface area contributed by atoms with Crippen molar-refractivity contribution in [2.24, 2.45) is 17.3 Å². The third kappa shape index (κ3) is 6.23. The van der Waals surface area contributed by atoms with Crippen molar-refractivity contribution in [3.8, 4) is 0 Å². The largest absolute Gasteiger partial charge is 0.342 e. The van der Waals surface area contributed by atoms with E-state index >= 15 is 0 Å². The minimum atomic E-state index is 0.352. The molecule has 2 unspecified atom stereocenters. The molecule has 0 spiro atoms. The van der Waals surface area contributed by atoms with Gasteiger partial charge in [-0.1, -0.05) is 39.3 Å². The second-order valence-electron chi connectivity index (χ2n) is 7.82. The second-order valence-corrected chi connectivity index (χ2v) is 7.82. The fourth-order valence-corrected chi connectivity index (χ4v) is 3.14. The molecule has 1 saturated carbocycles. The highest BCUT2D eigenvalue weighted by atomic mass is 16.2. The van der Waals surface area contributed by atoms with Crippen molar-refractivity contribution < 1.29 is 4.79 Å². The Bertz CT molecular complexity index is 368. The molecule has 1 rings (SSSR count). The standard InChI is InChI=1S/C19H35NO/c1-7-9-18(21)20(13-16(4)5)14-17-12-19(17,6)11-8-10-15(2)3/h10,16-17H,7-9,11-14H2,1-6H3. The minimum absolute atomic E-state index is 0.352. The van der Waals surface area contributed by atoms with E-state index in [1.54, 1.807) is 0 Å². The smallest absolute Gasteiger partial charge is 0.222 e. The van der Waals surface area contributed by atoms with Gasteiger partial charge in [0.15, 0.2) is 0 Å². The highest BCUT2D eigenvalue weighted by Crippen LogP contribution is 2.55. The molecule has 0 aliphatic heterocycles. The number of amides is 1.